The van der Waals surface area contributed by atoms with Gasteiger partial charge in [0.2, 0.25) is 0 Å². The molecule has 7 rings (SSSR count). The Balaban J connectivity index is 1.30. The van der Waals surface area contributed by atoms with E-state index in [4.69, 9.17) is 15.7 Å². The van der Waals surface area contributed by atoms with Crippen molar-refractivity contribution in [3.8, 4) is 22.5 Å². The zero-order valence-corrected chi connectivity index (χ0v) is 21.2. The Morgan fingerprint density at radius 1 is 0.919 bits per heavy atom. The maximum atomic E-state index is 6.48. The van der Waals surface area contributed by atoms with Crippen LogP contribution < -0.4 is 11.1 Å². The fourth-order valence-corrected chi connectivity index (χ4v) is 6.49. The Morgan fingerprint density at radius 2 is 1.70 bits per heavy atom. The number of fused-ring (bicyclic) bond motifs is 2. The summed E-state index contributed by atoms with van der Waals surface area (Å²) in [5.41, 5.74) is 13.6. The molecule has 1 saturated carbocycles. The van der Waals surface area contributed by atoms with Crippen LogP contribution in [0.2, 0.25) is 0 Å². The predicted octanol–water partition coefficient (Wildman–Crippen LogP) is 6.00. The molecular formula is C31H32N6. The van der Waals surface area contributed by atoms with E-state index in [2.05, 4.69) is 70.2 Å². The topological polar surface area (TPSA) is 81.1 Å². The minimum absolute atomic E-state index is 0.464. The van der Waals surface area contributed by atoms with Crippen LogP contribution in [0.4, 0.5) is 5.82 Å². The highest BCUT2D eigenvalue weighted by Crippen LogP contribution is 2.48. The van der Waals surface area contributed by atoms with E-state index >= 15 is 0 Å². The van der Waals surface area contributed by atoms with Gasteiger partial charge in [0.05, 0.1) is 11.2 Å². The van der Waals surface area contributed by atoms with Crippen molar-refractivity contribution < 1.29 is 0 Å². The molecule has 0 spiro atoms. The van der Waals surface area contributed by atoms with Crippen LogP contribution >= 0.6 is 0 Å². The fourth-order valence-electron chi connectivity index (χ4n) is 6.49. The van der Waals surface area contributed by atoms with Gasteiger partial charge < -0.3 is 11.1 Å². The number of piperidine rings is 1. The van der Waals surface area contributed by atoms with Crippen molar-refractivity contribution in [2.75, 3.05) is 18.8 Å². The van der Waals surface area contributed by atoms with Gasteiger partial charge in [0.15, 0.2) is 0 Å². The number of benzene rings is 2. The predicted molar refractivity (Wildman–Crippen MR) is 149 cm³/mol. The van der Waals surface area contributed by atoms with Crippen LogP contribution in [0.15, 0.2) is 67.0 Å². The highest BCUT2D eigenvalue weighted by atomic mass is 15.1. The fraction of sp³-hybridized carbons (Fsp3) is 0.323. The van der Waals surface area contributed by atoms with Crippen molar-refractivity contribution in [1.82, 2.24) is 24.7 Å². The molecule has 6 heteroatoms. The van der Waals surface area contributed by atoms with Crippen LogP contribution in [0, 0.1) is 18.8 Å². The van der Waals surface area contributed by atoms with Gasteiger partial charge in [0.1, 0.15) is 22.9 Å². The summed E-state index contributed by atoms with van der Waals surface area (Å²) in [6.45, 7) is 4.46. The third kappa shape index (κ3) is 3.78. The van der Waals surface area contributed by atoms with Gasteiger partial charge in [-0.05, 0) is 69.2 Å². The van der Waals surface area contributed by atoms with Crippen molar-refractivity contribution in [3.63, 3.8) is 0 Å². The molecule has 1 aliphatic heterocycles. The van der Waals surface area contributed by atoms with E-state index in [-0.39, 0.29) is 0 Å². The number of hydrogen-bond donors (Lipinski definition) is 2. The number of pyridine rings is 1. The van der Waals surface area contributed by atoms with Crippen LogP contribution in [0.1, 0.15) is 43.0 Å². The van der Waals surface area contributed by atoms with Gasteiger partial charge in [-0.1, -0.05) is 48.5 Å². The summed E-state index contributed by atoms with van der Waals surface area (Å²) in [5.74, 6) is 3.77. The Hall–Kier alpha value is -3.77. The Labute approximate surface area is 217 Å². The second-order valence-corrected chi connectivity index (χ2v) is 10.7. The number of nitrogen functional groups attached to an aromatic ring is 1. The lowest BCUT2D eigenvalue weighted by Crippen LogP contribution is -2.37. The molecule has 0 bridgehead atoms. The molecule has 3 N–H and O–H groups in total. The summed E-state index contributed by atoms with van der Waals surface area (Å²) < 4.78 is 2.19. The number of aromatic nitrogens is 4. The first-order valence-corrected chi connectivity index (χ1v) is 13.5. The Kier molecular flexibility index (Phi) is 5.43. The molecule has 0 atom stereocenters. The number of rotatable bonds is 4. The summed E-state index contributed by atoms with van der Waals surface area (Å²) in [6.07, 6.45) is 8.85. The quantitative estimate of drug-likeness (QED) is 0.324. The Morgan fingerprint density at radius 3 is 2.51 bits per heavy atom. The number of aryl methyl sites for hydroxylation is 1. The van der Waals surface area contributed by atoms with Crippen LogP contribution in [0.5, 0.6) is 0 Å². The van der Waals surface area contributed by atoms with E-state index in [0.29, 0.717) is 11.7 Å². The van der Waals surface area contributed by atoms with Crippen LogP contribution in [0.25, 0.3) is 38.9 Å². The molecular weight excluding hydrogens is 456 g/mol. The van der Waals surface area contributed by atoms with Crippen LogP contribution in [-0.4, -0.2) is 32.4 Å². The van der Waals surface area contributed by atoms with Crippen molar-refractivity contribution in [3.05, 3.63) is 78.4 Å². The zero-order valence-electron chi connectivity index (χ0n) is 21.2. The maximum absolute atomic E-state index is 6.48. The van der Waals surface area contributed by atoms with E-state index in [0.717, 1.165) is 75.2 Å². The molecule has 6 nitrogen and oxygen atoms in total. The van der Waals surface area contributed by atoms with E-state index in [1.165, 1.54) is 25.7 Å². The van der Waals surface area contributed by atoms with Gasteiger partial charge in [-0.2, -0.15) is 0 Å². The van der Waals surface area contributed by atoms with Gasteiger partial charge >= 0.3 is 0 Å². The average Bonchev–Trinajstić information content (AvgIpc) is 3.29. The van der Waals surface area contributed by atoms with Gasteiger partial charge in [-0.3, -0.25) is 4.40 Å². The monoisotopic (exact) mass is 488 g/mol. The molecule has 4 heterocycles. The van der Waals surface area contributed by atoms with Gasteiger partial charge in [-0.25, -0.2) is 15.0 Å². The van der Waals surface area contributed by atoms with Crippen LogP contribution in [-0.2, 0) is 0 Å². The van der Waals surface area contributed by atoms with Gasteiger partial charge in [0.25, 0.3) is 0 Å². The zero-order chi connectivity index (χ0) is 24.9. The lowest BCUT2D eigenvalue weighted by Gasteiger charge is -2.41. The molecule has 0 radical (unpaired) electrons. The number of anilines is 1. The smallest absolute Gasteiger partial charge is 0.150 e. The van der Waals surface area contributed by atoms with Crippen LogP contribution in [0.3, 0.4) is 0 Å². The lowest BCUT2D eigenvalue weighted by atomic mass is 9.66. The van der Waals surface area contributed by atoms with Crippen molar-refractivity contribution >= 4 is 22.2 Å². The molecule has 2 aliphatic rings. The first kappa shape index (κ1) is 22.4. The molecule has 1 aliphatic carbocycles. The average molecular weight is 489 g/mol. The SMILES string of the molecule is Cc1c(-c2nc(C3CC(C4CCNCC4)C3)n3ccnc(N)c23)ccc2ccc(-c3ccccc3)nc12. The van der Waals surface area contributed by atoms with Crippen molar-refractivity contribution in [2.45, 2.75) is 38.5 Å². The van der Waals surface area contributed by atoms with Crippen molar-refractivity contribution in [1.29, 1.82) is 0 Å². The molecule has 2 fully saturated rings. The Bertz CT molecular complexity index is 1590. The molecule has 3 aromatic heterocycles. The normalized spacial score (nSPS) is 20.4. The third-order valence-corrected chi connectivity index (χ3v) is 8.64. The number of hydrogen-bond acceptors (Lipinski definition) is 5. The van der Waals surface area contributed by atoms with Crippen molar-refractivity contribution in [2.24, 2.45) is 11.8 Å². The molecule has 186 valence electrons. The summed E-state index contributed by atoms with van der Waals surface area (Å²) in [7, 11) is 0. The number of nitrogens with one attached hydrogen (secondary N) is 1. The van der Waals surface area contributed by atoms with E-state index in [9.17, 15) is 0 Å². The standard InChI is InChI=1S/C31H32N6/c1-19-25(9-7-22-8-10-26(35-27(19)22)21-5-3-2-4-6-21)28-29-30(32)34-15-16-37(29)31(36-28)24-17-23(18-24)20-11-13-33-14-12-20/h2-10,15-16,20,23-24,33H,11-14,17-18H2,1H3,(H2,32,34). The first-order valence-electron chi connectivity index (χ1n) is 13.5. The molecule has 37 heavy (non-hydrogen) atoms. The first-order chi connectivity index (χ1) is 18.2. The highest BCUT2D eigenvalue weighted by molar-refractivity contribution is 5.94. The molecule has 1 saturated heterocycles. The number of imidazole rings is 1. The minimum atomic E-state index is 0.464. The van der Waals surface area contributed by atoms with E-state index in [1.807, 2.05) is 12.3 Å². The summed E-state index contributed by atoms with van der Waals surface area (Å²) >= 11 is 0. The minimum Gasteiger partial charge on any atom is -0.382 e. The van der Waals surface area contributed by atoms with Gasteiger partial charge in [0, 0.05) is 34.8 Å². The highest BCUT2D eigenvalue weighted by Gasteiger charge is 2.38. The third-order valence-electron chi connectivity index (χ3n) is 8.64. The molecule has 5 aromatic rings. The molecule has 0 amide bonds. The number of nitrogens with zero attached hydrogens (tertiary/aromatic N) is 4. The van der Waals surface area contributed by atoms with Gasteiger partial charge in [-0.15, -0.1) is 0 Å². The summed E-state index contributed by atoms with van der Waals surface area (Å²) in [5, 5.41) is 4.63. The van der Waals surface area contributed by atoms with E-state index < -0.39 is 0 Å². The second-order valence-electron chi connectivity index (χ2n) is 10.7. The number of nitrogens with two attached hydrogens (primary N) is 1. The maximum Gasteiger partial charge on any atom is 0.150 e. The summed E-state index contributed by atoms with van der Waals surface area (Å²) in [4.78, 5) is 14.8. The molecule has 2 aromatic carbocycles. The largest absolute Gasteiger partial charge is 0.382 e. The summed E-state index contributed by atoms with van der Waals surface area (Å²) in [6, 6.07) is 18.9. The lowest BCUT2D eigenvalue weighted by molar-refractivity contribution is 0.138. The molecule has 0 unspecified atom stereocenters. The second kappa shape index (κ2) is 8.96. The van der Waals surface area contributed by atoms with E-state index in [1.54, 1.807) is 6.20 Å².